The number of thioether (sulfide) groups is 1. The van der Waals surface area contributed by atoms with Gasteiger partial charge in [0.05, 0.1) is 6.10 Å². The molecular weight excluding hydrogens is 194 g/mol. The molecule has 14 heavy (non-hydrogen) atoms. The number of aromatic nitrogens is 1. The number of hydrogen-bond acceptors (Lipinski definition) is 3. The van der Waals surface area contributed by atoms with Crippen LogP contribution in [0.1, 0.15) is 24.5 Å². The second kappa shape index (κ2) is 4.80. The molecule has 76 valence electrons. The summed E-state index contributed by atoms with van der Waals surface area (Å²) in [5.74, 6) is 2.80. The lowest BCUT2D eigenvalue weighted by molar-refractivity contribution is 0.103. The van der Waals surface area contributed by atoms with Crippen LogP contribution in [-0.2, 0) is 0 Å². The van der Waals surface area contributed by atoms with Crippen LogP contribution in [0.25, 0.3) is 0 Å². The molecular formula is C11H15NOS. The van der Waals surface area contributed by atoms with E-state index >= 15 is 0 Å². The summed E-state index contributed by atoms with van der Waals surface area (Å²) in [6.07, 6.45) is 5.45. The van der Waals surface area contributed by atoms with Crippen molar-refractivity contribution in [1.29, 1.82) is 0 Å². The molecule has 1 aromatic heterocycles. The lowest BCUT2D eigenvalue weighted by Crippen LogP contribution is -2.18. The van der Waals surface area contributed by atoms with Gasteiger partial charge in [-0.2, -0.15) is 11.8 Å². The molecule has 1 atom stereocenters. The number of rotatable bonds is 2. The highest BCUT2D eigenvalue weighted by Gasteiger charge is 2.22. The van der Waals surface area contributed by atoms with Gasteiger partial charge >= 0.3 is 0 Å². The van der Waals surface area contributed by atoms with Crippen molar-refractivity contribution in [3.05, 3.63) is 30.1 Å². The molecule has 2 heterocycles. The van der Waals surface area contributed by atoms with E-state index in [2.05, 4.69) is 4.98 Å². The van der Waals surface area contributed by atoms with Gasteiger partial charge in [0.25, 0.3) is 0 Å². The van der Waals surface area contributed by atoms with Crippen LogP contribution in [0.4, 0.5) is 0 Å². The largest absolute Gasteiger partial charge is 0.388 e. The number of pyridine rings is 1. The Kier molecular flexibility index (Phi) is 3.43. The first-order valence-corrected chi connectivity index (χ1v) is 6.19. The van der Waals surface area contributed by atoms with Gasteiger partial charge in [0, 0.05) is 12.4 Å². The average Bonchev–Trinajstić information content (AvgIpc) is 2.30. The standard InChI is InChI=1S/C11H15NOS/c13-11(9-3-6-14-7-4-9)10-2-1-5-12-8-10/h1-2,5,8-9,11,13H,3-4,6-7H2/t11-/m1/s1. The Bertz CT molecular complexity index is 272. The zero-order valence-electron chi connectivity index (χ0n) is 8.10. The Hall–Kier alpha value is -0.540. The average molecular weight is 209 g/mol. The van der Waals surface area contributed by atoms with Crippen molar-refractivity contribution in [2.75, 3.05) is 11.5 Å². The van der Waals surface area contributed by atoms with Crippen molar-refractivity contribution < 1.29 is 5.11 Å². The summed E-state index contributed by atoms with van der Waals surface area (Å²) in [6.45, 7) is 0. The van der Waals surface area contributed by atoms with E-state index in [1.165, 1.54) is 11.5 Å². The minimum atomic E-state index is -0.315. The fourth-order valence-electron chi connectivity index (χ4n) is 1.85. The topological polar surface area (TPSA) is 33.1 Å². The summed E-state index contributed by atoms with van der Waals surface area (Å²) in [4.78, 5) is 4.04. The maximum atomic E-state index is 10.1. The third kappa shape index (κ3) is 2.28. The zero-order valence-corrected chi connectivity index (χ0v) is 8.91. The molecule has 1 N–H and O–H groups in total. The quantitative estimate of drug-likeness (QED) is 0.811. The van der Waals surface area contributed by atoms with Crippen LogP contribution in [0.15, 0.2) is 24.5 Å². The van der Waals surface area contributed by atoms with Gasteiger partial charge in [-0.25, -0.2) is 0 Å². The van der Waals surface area contributed by atoms with Crippen LogP contribution in [-0.4, -0.2) is 21.6 Å². The molecule has 1 fully saturated rings. The van der Waals surface area contributed by atoms with Crippen LogP contribution < -0.4 is 0 Å². The molecule has 1 aliphatic rings. The minimum Gasteiger partial charge on any atom is -0.388 e. The lowest BCUT2D eigenvalue weighted by Gasteiger charge is -2.26. The Labute approximate surface area is 88.8 Å². The van der Waals surface area contributed by atoms with E-state index in [1.807, 2.05) is 23.9 Å². The summed E-state index contributed by atoms with van der Waals surface area (Å²) >= 11 is 1.98. The first-order valence-electron chi connectivity index (χ1n) is 5.03. The van der Waals surface area contributed by atoms with Gasteiger partial charge in [-0.15, -0.1) is 0 Å². The third-order valence-electron chi connectivity index (χ3n) is 2.74. The molecule has 2 nitrogen and oxygen atoms in total. The number of aliphatic hydroxyl groups excluding tert-OH is 1. The molecule has 1 aromatic rings. The maximum Gasteiger partial charge on any atom is 0.0833 e. The molecule has 1 saturated heterocycles. The summed E-state index contributed by atoms with van der Waals surface area (Å²) in [6, 6.07) is 3.84. The Morgan fingerprint density at radius 2 is 2.21 bits per heavy atom. The first kappa shape index (κ1) is 9.99. The monoisotopic (exact) mass is 209 g/mol. The van der Waals surface area contributed by atoms with E-state index in [0.717, 1.165) is 18.4 Å². The molecule has 0 radical (unpaired) electrons. The van der Waals surface area contributed by atoms with Crippen LogP contribution >= 0.6 is 11.8 Å². The van der Waals surface area contributed by atoms with Gasteiger partial charge < -0.3 is 5.11 Å². The second-order valence-electron chi connectivity index (χ2n) is 3.68. The van der Waals surface area contributed by atoms with Gasteiger partial charge in [-0.05, 0) is 41.9 Å². The van der Waals surface area contributed by atoms with Crippen molar-refractivity contribution in [2.45, 2.75) is 18.9 Å². The SMILES string of the molecule is O[C@@H](c1cccnc1)C1CCSCC1. The van der Waals surface area contributed by atoms with E-state index < -0.39 is 0 Å². The van der Waals surface area contributed by atoms with Gasteiger partial charge in [-0.1, -0.05) is 6.07 Å². The van der Waals surface area contributed by atoms with Crippen LogP contribution in [0.2, 0.25) is 0 Å². The molecule has 0 saturated carbocycles. The first-order chi connectivity index (χ1) is 6.88. The molecule has 3 heteroatoms. The van der Waals surface area contributed by atoms with Gasteiger partial charge in [0.2, 0.25) is 0 Å². The maximum absolute atomic E-state index is 10.1. The zero-order chi connectivity index (χ0) is 9.80. The third-order valence-corrected chi connectivity index (χ3v) is 3.79. The van der Waals surface area contributed by atoms with Crippen molar-refractivity contribution in [2.24, 2.45) is 5.92 Å². The normalized spacial score (nSPS) is 20.6. The predicted octanol–water partition coefficient (Wildman–Crippen LogP) is 2.26. The van der Waals surface area contributed by atoms with E-state index in [-0.39, 0.29) is 6.10 Å². The summed E-state index contributed by atoms with van der Waals surface area (Å²) in [7, 11) is 0. The molecule has 0 bridgehead atoms. The Morgan fingerprint density at radius 1 is 1.43 bits per heavy atom. The number of nitrogens with zero attached hydrogens (tertiary/aromatic N) is 1. The van der Waals surface area contributed by atoms with Crippen LogP contribution in [0, 0.1) is 5.92 Å². The molecule has 2 rings (SSSR count). The van der Waals surface area contributed by atoms with Crippen LogP contribution in [0.5, 0.6) is 0 Å². The molecule has 0 aliphatic carbocycles. The summed E-state index contributed by atoms with van der Waals surface area (Å²) < 4.78 is 0. The van der Waals surface area contributed by atoms with Gasteiger partial charge in [0.15, 0.2) is 0 Å². The Balaban J connectivity index is 2.03. The highest BCUT2D eigenvalue weighted by Crippen LogP contribution is 2.32. The smallest absolute Gasteiger partial charge is 0.0833 e. The lowest BCUT2D eigenvalue weighted by atomic mass is 9.92. The molecule has 0 aromatic carbocycles. The second-order valence-corrected chi connectivity index (χ2v) is 4.91. The van der Waals surface area contributed by atoms with Crippen molar-refractivity contribution in [3.63, 3.8) is 0 Å². The van der Waals surface area contributed by atoms with Gasteiger partial charge in [0.1, 0.15) is 0 Å². The Morgan fingerprint density at radius 3 is 2.86 bits per heavy atom. The van der Waals surface area contributed by atoms with E-state index in [0.29, 0.717) is 5.92 Å². The molecule has 0 spiro atoms. The minimum absolute atomic E-state index is 0.315. The molecule has 0 unspecified atom stereocenters. The fourth-order valence-corrected chi connectivity index (χ4v) is 3.00. The number of aliphatic hydroxyl groups is 1. The van der Waals surface area contributed by atoms with Crippen LogP contribution in [0.3, 0.4) is 0 Å². The highest BCUT2D eigenvalue weighted by molar-refractivity contribution is 7.99. The van der Waals surface area contributed by atoms with E-state index in [1.54, 1.807) is 12.4 Å². The molecule has 0 amide bonds. The van der Waals surface area contributed by atoms with Crippen molar-refractivity contribution in [3.8, 4) is 0 Å². The van der Waals surface area contributed by atoms with E-state index in [4.69, 9.17) is 0 Å². The predicted molar refractivity (Wildman–Crippen MR) is 59.2 cm³/mol. The molecule has 1 aliphatic heterocycles. The fraction of sp³-hybridized carbons (Fsp3) is 0.545. The highest BCUT2D eigenvalue weighted by atomic mass is 32.2. The summed E-state index contributed by atoms with van der Waals surface area (Å²) in [5, 5.41) is 10.1. The van der Waals surface area contributed by atoms with Crippen molar-refractivity contribution in [1.82, 2.24) is 4.98 Å². The van der Waals surface area contributed by atoms with E-state index in [9.17, 15) is 5.11 Å². The van der Waals surface area contributed by atoms with Gasteiger partial charge in [-0.3, -0.25) is 4.98 Å². The summed E-state index contributed by atoms with van der Waals surface area (Å²) in [5.41, 5.74) is 0.962. The van der Waals surface area contributed by atoms with Crippen molar-refractivity contribution >= 4 is 11.8 Å². The number of hydrogen-bond donors (Lipinski definition) is 1.